The molecular formula is C19H23NO4. The molecule has 2 aromatic rings. The van der Waals surface area contributed by atoms with Gasteiger partial charge in [0.05, 0.1) is 19.8 Å². The number of carbonyl (C=O) groups excluding carboxylic acids is 1. The van der Waals surface area contributed by atoms with E-state index in [1.807, 2.05) is 29.2 Å². The number of aliphatic hydroxyl groups is 1. The Labute approximate surface area is 141 Å². The van der Waals surface area contributed by atoms with Crippen LogP contribution in [0.1, 0.15) is 36.7 Å². The molecule has 0 saturated carbocycles. The molecule has 2 heterocycles. The van der Waals surface area contributed by atoms with Crippen molar-refractivity contribution in [2.45, 2.75) is 37.8 Å². The van der Waals surface area contributed by atoms with Gasteiger partial charge in [-0.2, -0.15) is 0 Å². The quantitative estimate of drug-likeness (QED) is 0.885. The van der Waals surface area contributed by atoms with Crippen LogP contribution in [0, 0.1) is 0 Å². The van der Waals surface area contributed by atoms with Crippen molar-refractivity contribution in [1.29, 1.82) is 0 Å². The van der Waals surface area contributed by atoms with E-state index in [0.29, 0.717) is 18.6 Å². The molecule has 1 aromatic heterocycles. The smallest absolute Gasteiger partial charge is 0.227 e. The van der Waals surface area contributed by atoms with E-state index in [4.69, 9.17) is 9.15 Å². The van der Waals surface area contributed by atoms with Gasteiger partial charge in [0.25, 0.3) is 0 Å². The third-order valence-electron chi connectivity index (χ3n) is 4.55. The fourth-order valence-electron chi connectivity index (χ4n) is 3.32. The van der Waals surface area contributed by atoms with Gasteiger partial charge in [-0.15, -0.1) is 0 Å². The standard InChI is InChI=1S/C19H23NO4/c1-23-16-7-2-5-14(11-16)12-19(22)20-9-3-6-15(20)13-17(21)18-8-4-10-24-18/h2,4-5,7-8,10-11,15,17,21H,3,6,9,12-13H2,1H3. The molecule has 5 heteroatoms. The van der Waals surface area contributed by atoms with Gasteiger partial charge in [0, 0.05) is 19.0 Å². The van der Waals surface area contributed by atoms with Crippen LogP contribution in [-0.2, 0) is 11.2 Å². The molecule has 24 heavy (non-hydrogen) atoms. The highest BCUT2D eigenvalue weighted by atomic mass is 16.5. The van der Waals surface area contributed by atoms with Crippen LogP contribution in [0.5, 0.6) is 5.75 Å². The van der Waals surface area contributed by atoms with E-state index in [2.05, 4.69) is 0 Å². The van der Waals surface area contributed by atoms with Crippen molar-refractivity contribution in [1.82, 2.24) is 4.90 Å². The lowest BCUT2D eigenvalue weighted by atomic mass is 10.0. The van der Waals surface area contributed by atoms with Gasteiger partial charge < -0.3 is 19.2 Å². The van der Waals surface area contributed by atoms with Crippen molar-refractivity contribution in [2.24, 2.45) is 0 Å². The number of rotatable bonds is 6. The fraction of sp³-hybridized carbons (Fsp3) is 0.421. The van der Waals surface area contributed by atoms with Gasteiger partial charge in [0.2, 0.25) is 5.91 Å². The highest BCUT2D eigenvalue weighted by Gasteiger charge is 2.31. The minimum absolute atomic E-state index is 0.0585. The Balaban J connectivity index is 1.62. The number of nitrogens with zero attached hydrogens (tertiary/aromatic N) is 1. The SMILES string of the molecule is COc1cccc(CC(=O)N2CCCC2CC(O)c2ccco2)c1. The number of carbonyl (C=O) groups is 1. The average Bonchev–Trinajstić information content (AvgIpc) is 3.26. The van der Waals surface area contributed by atoms with Crippen molar-refractivity contribution in [3.05, 3.63) is 54.0 Å². The molecular weight excluding hydrogens is 306 g/mol. The van der Waals surface area contributed by atoms with Crippen LogP contribution < -0.4 is 4.74 Å². The molecule has 1 aliphatic rings. The fourth-order valence-corrected chi connectivity index (χ4v) is 3.32. The van der Waals surface area contributed by atoms with Crippen molar-refractivity contribution in [3.8, 4) is 5.75 Å². The second-order valence-corrected chi connectivity index (χ2v) is 6.18. The Morgan fingerprint density at radius 2 is 2.29 bits per heavy atom. The number of methoxy groups -OCH3 is 1. The molecule has 1 amide bonds. The minimum Gasteiger partial charge on any atom is -0.497 e. The summed E-state index contributed by atoms with van der Waals surface area (Å²) in [6.07, 6.45) is 3.64. The van der Waals surface area contributed by atoms with E-state index < -0.39 is 6.10 Å². The molecule has 1 saturated heterocycles. The Morgan fingerprint density at radius 3 is 3.04 bits per heavy atom. The van der Waals surface area contributed by atoms with E-state index in [0.717, 1.165) is 30.7 Å². The summed E-state index contributed by atoms with van der Waals surface area (Å²) < 4.78 is 10.5. The second kappa shape index (κ2) is 7.53. The Morgan fingerprint density at radius 1 is 1.42 bits per heavy atom. The molecule has 3 rings (SSSR count). The lowest BCUT2D eigenvalue weighted by Crippen LogP contribution is -2.37. The highest BCUT2D eigenvalue weighted by molar-refractivity contribution is 5.79. The molecule has 0 bridgehead atoms. The average molecular weight is 329 g/mol. The van der Waals surface area contributed by atoms with E-state index in [-0.39, 0.29) is 11.9 Å². The largest absolute Gasteiger partial charge is 0.497 e. The number of amides is 1. The van der Waals surface area contributed by atoms with E-state index in [1.165, 1.54) is 0 Å². The van der Waals surface area contributed by atoms with Crippen LogP contribution in [0.4, 0.5) is 0 Å². The third-order valence-corrected chi connectivity index (χ3v) is 4.55. The number of hydrogen-bond acceptors (Lipinski definition) is 4. The number of ether oxygens (including phenoxy) is 1. The van der Waals surface area contributed by atoms with Crippen molar-refractivity contribution >= 4 is 5.91 Å². The molecule has 1 fully saturated rings. The van der Waals surface area contributed by atoms with Gasteiger partial charge in [-0.25, -0.2) is 0 Å². The predicted octanol–water partition coefficient (Wildman–Crippen LogP) is 2.95. The maximum atomic E-state index is 12.7. The van der Waals surface area contributed by atoms with E-state index in [9.17, 15) is 9.90 Å². The molecule has 0 aliphatic carbocycles. The van der Waals surface area contributed by atoms with Crippen molar-refractivity contribution in [3.63, 3.8) is 0 Å². The summed E-state index contributed by atoms with van der Waals surface area (Å²) in [5, 5.41) is 10.3. The zero-order chi connectivity index (χ0) is 16.9. The number of hydrogen-bond donors (Lipinski definition) is 1. The summed E-state index contributed by atoms with van der Waals surface area (Å²) in [5.41, 5.74) is 0.941. The normalized spacial score (nSPS) is 18.6. The monoisotopic (exact) mass is 329 g/mol. The molecule has 0 radical (unpaired) electrons. The molecule has 5 nitrogen and oxygen atoms in total. The van der Waals surface area contributed by atoms with Crippen LogP contribution in [0.15, 0.2) is 47.1 Å². The van der Waals surface area contributed by atoms with E-state index >= 15 is 0 Å². The lowest BCUT2D eigenvalue weighted by Gasteiger charge is -2.26. The van der Waals surface area contributed by atoms with Crippen molar-refractivity contribution in [2.75, 3.05) is 13.7 Å². The van der Waals surface area contributed by atoms with Gasteiger partial charge in [0.1, 0.15) is 17.6 Å². The molecule has 128 valence electrons. The van der Waals surface area contributed by atoms with Crippen LogP contribution in [0.3, 0.4) is 0 Å². The van der Waals surface area contributed by atoms with Gasteiger partial charge in [-0.1, -0.05) is 12.1 Å². The summed E-state index contributed by atoms with van der Waals surface area (Å²) in [6, 6.07) is 11.2. The predicted molar refractivity (Wildman–Crippen MR) is 89.7 cm³/mol. The van der Waals surface area contributed by atoms with Crippen LogP contribution in [0.2, 0.25) is 0 Å². The number of benzene rings is 1. The van der Waals surface area contributed by atoms with Crippen LogP contribution >= 0.6 is 0 Å². The summed E-state index contributed by atoms with van der Waals surface area (Å²) in [4.78, 5) is 14.6. The van der Waals surface area contributed by atoms with E-state index in [1.54, 1.807) is 25.5 Å². The Bertz CT molecular complexity index is 668. The maximum absolute atomic E-state index is 12.7. The maximum Gasteiger partial charge on any atom is 0.227 e. The second-order valence-electron chi connectivity index (χ2n) is 6.18. The van der Waals surface area contributed by atoms with Gasteiger partial charge in [0.15, 0.2) is 0 Å². The third kappa shape index (κ3) is 3.79. The van der Waals surface area contributed by atoms with Gasteiger partial charge in [-0.3, -0.25) is 4.79 Å². The molecule has 2 unspecified atom stereocenters. The first-order chi connectivity index (χ1) is 11.7. The molecule has 1 N–H and O–H groups in total. The molecule has 1 aromatic carbocycles. The number of likely N-dealkylation sites (tertiary alicyclic amines) is 1. The molecule has 1 aliphatic heterocycles. The molecule has 2 atom stereocenters. The summed E-state index contributed by atoms with van der Waals surface area (Å²) in [6.45, 7) is 0.748. The number of aliphatic hydroxyl groups excluding tert-OH is 1. The topological polar surface area (TPSA) is 62.9 Å². The first kappa shape index (κ1) is 16.6. The Kier molecular flexibility index (Phi) is 5.20. The van der Waals surface area contributed by atoms with Gasteiger partial charge in [-0.05, 0) is 42.7 Å². The minimum atomic E-state index is -0.671. The zero-order valence-electron chi connectivity index (χ0n) is 13.9. The number of furan rings is 1. The Hall–Kier alpha value is -2.27. The summed E-state index contributed by atoms with van der Waals surface area (Å²) in [7, 11) is 1.62. The zero-order valence-corrected chi connectivity index (χ0v) is 13.9. The summed E-state index contributed by atoms with van der Waals surface area (Å²) in [5.74, 6) is 1.41. The van der Waals surface area contributed by atoms with Gasteiger partial charge >= 0.3 is 0 Å². The molecule has 0 spiro atoms. The first-order valence-electron chi connectivity index (χ1n) is 8.31. The van der Waals surface area contributed by atoms with Crippen molar-refractivity contribution < 1.29 is 19.1 Å². The van der Waals surface area contributed by atoms with Crippen LogP contribution in [-0.4, -0.2) is 35.6 Å². The highest BCUT2D eigenvalue weighted by Crippen LogP contribution is 2.28. The lowest BCUT2D eigenvalue weighted by molar-refractivity contribution is -0.131. The first-order valence-corrected chi connectivity index (χ1v) is 8.31. The van der Waals surface area contributed by atoms with Crippen LogP contribution in [0.25, 0.3) is 0 Å². The summed E-state index contributed by atoms with van der Waals surface area (Å²) >= 11 is 0.